The number of allylic oxidation sites excluding steroid dienone is 1. The van der Waals surface area contributed by atoms with Crippen LogP contribution in [0.5, 0.6) is 0 Å². The van der Waals surface area contributed by atoms with Gasteiger partial charge in [0.2, 0.25) is 16.0 Å². The molecular weight excluding hydrogens is 436 g/mol. The lowest BCUT2D eigenvalue weighted by Crippen LogP contribution is -2.16. The SMILES string of the molecule is [B]O[C@H](CC/C=C/c1c(-c2ccc(F)cc2)nc(NS(C)(=O)=O)nc1C(C)C)CC(=O)O. The van der Waals surface area contributed by atoms with E-state index in [4.69, 9.17) is 17.8 Å². The van der Waals surface area contributed by atoms with E-state index in [1.807, 2.05) is 19.9 Å². The average molecular weight is 461 g/mol. The second-order valence-corrected chi connectivity index (χ2v) is 9.31. The third-order valence-corrected chi connectivity index (χ3v) is 5.00. The second kappa shape index (κ2) is 11.2. The van der Waals surface area contributed by atoms with Crippen molar-refractivity contribution in [3.05, 3.63) is 47.4 Å². The Morgan fingerprint density at radius 2 is 1.94 bits per heavy atom. The largest absolute Gasteiger partial charge is 0.481 e. The van der Waals surface area contributed by atoms with Gasteiger partial charge in [-0.3, -0.25) is 9.52 Å². The van der Waals surface area contributed by atoms with Gasteiger partial charge in [0.15, 0.2) is 0 Å². The molecule has 11 heteroatoms. The van der Waals surface area contributed by atoms with Crippen molar-refractivity contribution in [3.63, 3.8) is 0 Å². The lowest BCUT2D eigenvalue weighted by atomic mass is 9.97. The summed E-state index contributed by atoms with van der Waals surface area (Å²) in [5.41, 5.74) is 2.26. The van der Waals surface area contributed by atoms with Gasteiger partial charge in [-0.05, 0) is 43.0 Å². The van der Waals surface area contributed by atoms with Gasteiger partial charge in [0.05, 0.1) is 24.1 Å². The number of hydrogen-bond donors (Lipinski definition) is 2. The van der Waals surface area contributed by atoms with Crippen LogP contribution in [0.1, 0.15) is 50.3 Å². The maximum atomic E-state index is 13.5. The number of aromatic nitrogens is 2. The van der Waals surface area contributed by atoms with E-state index in [2.05, 4.69) is 14.7 Å². The minimum atomic E-state index is -3.61. The first kappa shape index (κ1) is 25.5. The minimum absolute atomic E-state index is 0.0780. The number of halogens is 1. The van der Waals surface area contributed by atoms with Crippen LogP contribution < -0.4 is 4.72 Å². The van der Waals surface area contributed by atoms with Gasteiger partial charge in [0.25, 0.3) is 8.05 Å². The molecule has 0 aliphatic rings. The molecule has 2 radical (unpaired) electrons. The highest BCUT2D eigenvalue weighted by atomic mass is 32.2. The van der Waals surface area contributed by atoms with Crippen LogP contribution in [0.4, 0.5) is 10.3 Å². The van der Waals surface area contributed by atoms with E-state index in [-0.39, 0.29) is 18.3 Å². The smallest absolute Gasteiger partial charge is 0.305 e. The zero-order valence-corrected chi connectivity index (χ0v) is 18.9. The number of aliphatic carboxylic acids is 1. The molecule has 8 nitrogen and oxygen atoms in total. The quantitative estimate of drug-likeness (QED) is 0.492. The van der Waals surface area contributed by atoms with E-state index in [0.717, 1.165) is 6.26 Å². The summed E-state index contributed by atoms with van der Waals surface area (Å²) < 4.78 is 43.9. The van der Waals surface area contributed by atoms with Crippen molar-refractivity contribution in [2.75, 3.05) is 11.0 Å². The van der Waals surface area contributed by atoms with Crippen molar-refractivity contribution >= 4 is 36.1 Å². The highest BCUT2D eigenvalue weighted by molar-refractivity contribution is 7.91. The molecule has 0 aliphatic carbocycles. The lowest BCUT2D eigenvalue weighted by molar-refractivity contribution is -0.138. The molecule has 170 valence electrons. The van der Waals surface area contributed by atoms with Gasteiger partial charge >= 0.3 is 5.97 Å². The molecule has 32 heavy (non-hydrogen) atoms. The zero-order chi connectivity index (χ0) is 23.9. The van der Waals surface area contributed by atoms with Crippen LogP contribution in [0.25, 0.3) is 17.3 Å². The summed E-state index contributed by atoms with van der Waals surface area (Å²) in [5, 5.41) is 8.89. The Balaban J connectivity index is 2.48. The summed E-state index contributed by atoms with van der Waals surface area (Å²) in [4.78, 5) is 19.6. The Kier molecular flexibility index (Phi) is 8.91. The number of carbonyl (C=O) groups is 1. The Hall–Kier alpha value is -2.79. The van der Waals surface area contributed by atoms with Crippen LogP contribution in [0.2, 0.25) is 0 Å². The van der Waals surface area contributed by atoms with E-state index in [1.165, 1.54) is 12.1 Å². The first-order valence-electron chi connectivity index (χ1n) is 9.89. The van der Waals surface area contributed by atoms with Crippen LogP contribution in [-0.4, -0.2) is 49.9 Å². The molecule has 0 aliphatic heterocycles. The number of anilines is 1. The second-order valence-electron chi connectivity index (χ2n) is 7.57. The predicted molar refractivity (Wildman–Crippen MR) is 121 cm³/mol. The molecule has 0 fully saturated rings. The minimum Gasteiger partial charge on any atom is -0.481 e. The third-order valence-electron chi connectivity index (χ3n) is 4.45. The van der Waals surface area contributed by atoms with E-state index >= 15 is 0 Å². The van der Waals surface area contributed by atoms with Gasteiger partial charge in [-0.25, -0.2) is 22.8 Å². The summed E-state index contributed by atoms with van der Waals surface area (Å²) in [6, 6.07) is 5.68. The van der Waals surface area contributed by atoms with Crippen molar-refractivity contribution in [2.24, 2.45) is 0 Å². The molecule has 1 aromatic carbocycles. The van der Waals surface area contributed by atoms with Crippen LogP contribution >= 0.6 is 0 Å². The standard InChI is InChI=1S/C21H25BFN3O5S/c1-13(2)19-17(7-5-4-6-16(31-22)12-18(27)28)20(14-8-10-15(23)11-9-14)25-21(24-19)26-32(3,29)30/h5,7-11,13,16H,4,6,12H2,1-3H3,(H,27,28)(H,24,25,26)/b7-5+/t16-/m1/s1. The highest BCUT2D eigenvalue weighted by Crippen LogP contribution is 2.30. The summed E-state index contributed by atoms with van der Waals surface area (Å²) in [6.07, 6.45) is 4.62. The van der Waals surface area contributed by atoms with Crippen LogP contribution in [0, 0.1) is 5.82 Å². The van der Waals surface area contributed by atoms with Gasteiger partial charge in [0, 0.05) is 17.2 Å². The third kappa shape index (κ3) is 7.72. The van der Waals surface area contributed by atoms with E-state index in [9.17, 15) is 17.6 Å². The summed E-state index contributed by atoms with van der Waals surface area (Å²) in [7, 11) is 1.56. The monoisotopic (exact) mass is 461 g/mol. The van der Waals surface area contributed by atoms with Gasteiger partial charge in [0.1, 0.15) is 5.82 Å². The Labute approximate surface area is 188 Å². The number of carboxylic acid groups (broad SMARTS) is 1. The number of rotatable bonds is 11. The summed E-state index contributed by atoms with van der Waals surface area (Å²) in [5.74, 6) is -1.58. The molecule has 0 saturated carbocycles. The molecule has 0 bridgehead atoms. The number of benzene rings is 1. The van der Waals surface area contributed by atoms with E-state index < -0.39 is 27.9 Å². The molecule has 0 spiro atoms. The van der Waals surface area contributed by atoms with Gasteiger partial charge in [-0.2, -0.15) is 0 Å². The highest BCUT2D eigenvalue weighted by Gasteiger charge is 2.18. The van der Waals surface area contributed by atoms with E-state index in [0.29, 0.717) is 35.4 Å². The first-order valence-corrected chi connectivity index (χ1v) is 11.8. The van der Waals surface area contributed by atoms with Gasteiger partial charge in [-0.15, -0.1) is 0 Å². The molecule has 2 aromatic rings. The first-order chi connectivity index (χ1) is 15.0. The van der Waals surface area contributed by atoms with Crippen molar-refractivity contribution < 1.29 is 27.4 Å². The van der Waals surface area contributed by atoms with Crippen LogP contribution in [0.3, 0.4) is 0 Å². The van der Waals surface area contributed by atoms with Crippen molar-refractivity contribution in [2.45, 2.75) is 45.1 Å². The maximum Gasteiger partial charge on any atom is 0.305 e. The topological polar surface area (TPSA) is 118 Å². The van der Waals surface area contributed by atoms with E-state index in [1.54, 1.807) is 18.2 Å². The normalized spacial score (nSPS) is 12.9. The zero-order valence-electron chi connectivity index (χ0n) is 18.1. The maximum absolute atomic E-state index is 13.5. The number of carboxylic acids is 1. The molecule has 1 aromatic heterocycles. The van der Waals surface area contributed by atoms with Gasteiger partial charge < -0.3 is 9.76 Å². The lowest BCUT2D eigenvalue weighted by Gasteiger charge is -2.16. The van der Waals surface area contributed by atoms with Crippen molar-refractivity contribution in [3.8, 4) is 11.3 Å². The molecule has 1 heterocycles. The molecule has 0 saturated heterocycles. The molecule has 2 rings (SSSR count). The fraction of sp³-hybridized carbons (Fsp3) is 0.381. The predicted octanol–water partition coefficient (Wildman–Crippen LogP) is 3.51. The fourth-order valence-electron chi connectivity index (χ4n) is 3.03. The van der Waals surface area contributed by atoms with Crippen molar-refractivity contribution in [1.82, 2.24) is 9.97 Å². The summed E-state index contributed by atoms with van der Waals surface area (Å²) >= 11 is 0. The van der Waals surface area contributed by atoms with Crippen molar-refractivity contribution in [1.29, 1.82) is 0 Å². The Morgan fingerprint density at radius 3 is 2.47 bits per heavy atom. The Bertz CT molecular complexity index is 1080. The molecule has 1 atom stereocenters. The number of sulfonamides is 1. The number of hydrogen-bond acceptors (Lipinski definition) is 6. The molecular formula is C21H25BFN3O5S. The fourth-order valence-corrected chi connectivity index (χ4v) is 3.45. The molecule has 2 N–H and O–H groups in total. The number of nitrogens with zero attached hydrogens (tertiary/aromatic N) is 2. The number of nitrogens with one attached hydrogen (secondary N) is 1. The summed E-state index contributed by atoms with van der Waals surface area (Å²) in [6.45, 7) is 3.81. The van der Waals surface area contributed by atoms with Gasteiger partial charge in [-0.1, -0.05) is 26.0 Å². The average Bonchev–Trinajstić information content (AvgIpc) is 2.69. The molecule has 0 amide bonds. The van der Waals surface area contributed by atoms with Crippen LogP contribution in [0.15, 0.2) is 30.3 Å². The van der Waals surface area contributed by atoms with Crippen LogP contribution in [-0.2, 0) is 19.5 Å². The Morgan fingerprint density at radius 1 is 1.28 bits per heavy atom. The molecule has 0 unspecified atom stereocenters.